The Bertz CT molecular complexity index is 809. The molecule has 0 aromatic heterocycles. The number of nitrogens with zero attached hydrogens (tertiary/aromatic N) is 1. The van der Waals surface area contributed by atoms with E-state index < -0.39 is 5.60 Å². The van der Waals surface area contributed by atoms with Gasteiger partial charge < -0.3 is 14.6 Å². The second-order valence-electron chi connectivity index (χ2n) is 7.79. The summed E-state index contributed by atoms with van der Waals surface area (Å²) in [7, 11) is 3.42. The normalized spacial score (nSPS) is 18.9. The van der Waals surface area contributed by atoms with E-state index in [0.717, 1.165) is 36.7 Å². The maximum absolute atomic E-state index is 11.2. The predicted molar refractivity (Wildman–Crippen MR) is 106 cm³/mol. The zero-order valence-corrected chi connectivity index (χ0v) is 16.3. The summed E-state index contributed by atoms with van der Waals surface area (Å²) in [5, 5.41) is 11.2. The molecule has 0 saturated carbocycles. The van der Waals surface area contributed by atoms with Gasteiger partial charge in [-0.3, -0.25) is 4.90 Å². The molecule has 0 atom stereocenters. The second kappa shape index (κ2) is 7.53. The molecule has 1 aliphatic heterocycles. The van der Waals surface area contributed by atoms with Crippen molar-refractivity contribution in [1.29, 1.82) is 0 Å². The van der Waals surface area contributed by atoms with Gasteiger partial charge in [0.25, 0.3) is 0 Å². The summed E-state index contributed by atoms with van der Waals surface area (Å²) in [6, 6.07) is 12.4. The van der Waals surface area contributed by atoms with E-state index in [-0.39, 0.29) is 0 Å². The Balaban J connectivity index is 1.47. The lowest BCUT2D eigenvalue weighted by Gasteiger charge is -2.39. The number of piperidine rings is 1. The van der Waals surface area contributed by atoms with Crippen LogP contribution < -0.4 is 9.47 Å². The van der Waals surface area contributed by atoms with E-state index in [2.05, 4.69) is 17.0 Å². The van der Waals surface area contributed by atoms with Gasteiger partial charge in [-0.25, -0.2) is 0 Å². The first-order chi connectivity index (χ1) is 13.1. The molecule has 1 fully saturated rings. The van der Waals surface area contributed by atoms with Crippen molar-refractivity contribution < 1.29 is 14.6 Å². The third kappa shape index (κ3) is 3.56. The van der Waals surface area contributed by atoms with Crippen molar-refractivity contribution in [3.63, 3.8) is 0 Å². The first-order valence-electron chi connectivity index (χ1n) is 9.90. The molecule has 1 aliphatic carbocycles. The predicted octanol–water partition coefficient (Wildman–Crippen LogP) is 3.68. The number of methoxy groups -OCH3 is 2. The SMILES string of the molecule is COc1cc2c(cc1CN1CCC(O)(c3ccccc3OC)CC1)CCC2. The van der Waals surface area contributed by atoms with Crippen molar-refractivity contribution >= 4 is 0 Å². The van der Waals surface area contributed by atoms with E-state index in [1.54, 1.807) is 14.2 Å². The lowest BCUT2D eigenvalue weighted by atomic mass is 9.83. The third-order valence-electron chi connectivity index (χ3n) is 6.18. The Kier molecular flexibility index (Phi) is 5.11. The zero-order chi connectivity index (χ0) is 18.9. The molecular weight excluding hydrogens is 338 g/mol. The van der Waals surface area contributed by atoms with Gasteiger partial charge in [0, 0.05) is 30.8 Å². The Morgan fingerprint density at radius 1 is 0.963 bits per heavy atom. The summed E-state index contributed by atoms with van der Waals surface area (Å²) in [6.45, 7) is 2.59. The Hall–Kier alpha value is -2.04. The molecule has 27 heavy (non-hydrogen) atoms. The van der Waals surface area contributed by atoms with Crippen LogP contribution in [0.1, 0.15) is 41.5 Å². The maximum Gasteiger partial charge on any atom is 0.124 e. The number of aryl methyl sites for hydroxylation is 2. The summed E-state index contributed by atoms with van der Waals surface area (Å²) in [4.78, 5) is 2.42. The minimum atomic E-state index is -0.814. The van der Waals surface area contributed by atoms with Gasteiger partial charge in [0.15, 0.2) is 0 Å². The van der Waals surface area contributed by atoms with Crippen LogP contribution in [0.3, 0.4) is 0 Å². The Morgan fingerprint density at radius 2 is 1.63 bits per heavy atom. The van der Waals surface area contributed by atoms with E-state index in [9.17, 15) is 5.11 Å². The first-order valence-corrected chi connectivity index (χ1v) is 9.90. The lowest BCUT2D eigenvalue weighted by Crippen LogP contribution is -2.42. The molecule has 0 spiro atoms. The van der Waals surface area contributed by atoms with E-state index in [1.165, 1.54) is 36.0 Å². The summed E-state index contributed by atoms with van der Waals surface area (Å²) < 4.78 is 11.1. The van der Waals surface area contributed by atoms with Crippen LogP contribution >= 0.6 is 0 Å². The number of aliphatic hydroxyl groups is 1. The Morgan fingerprint density at radius 3 is 2.33 bits per heavy atom. The molecule has 2 aromatic rings. The molecule has 0 radical (unpaired) electrons. The van der Waals surface area contributed by atoms with Crippen molar-refractivity contribution in [2.45, 2.75) is 44.2 Å². The fourth-order valence-corrected chi connectivity index (χ4v) is 4.59. The molecule has 1 N–H and O–H groups in total. The lowest BCUT2D eigenvalue weighted by molar-refractivity contribution is -0.0293. The minimum absolute atomic E-state index is 0.709. The molecule has 0 unspecified atom stereocenters. The van der Waals surface area contributed by atoms with Crippen molar-refractivity contribution in [2.24, 2.45) is 0 Å². The standard InChI is InChI=1S/C23H29NO3/c1-26-21-9-4-3-8-20(21)23(25)10-12-24(13-11-23)16-19-14-17-6-5-7-18(17)15-22(19)27-2/h3-4,8-9,14-15,25H,5-7,10-13,16H2,1-2H3. The number of para-hydroxylation sites is 1. The molecule has 4 nitrogen and oxygen atoms in total. The number of fused-ring (bicyclic) bond motifs is 1. The zero-order valence-electron chi connectivity index (χ0n) is 16.3. The molecule has 0 bridgehead atoms. The number of rotatable bonds is 5. The van der Waals surface area contributed by atoms with Gasteiger partial charge in [-0.1, -0.05) is 24.3 Å². The molecule has 144 valence electrons. The smallest absolute Gasteiger partial charge is 0.124 e. The molecule has 1 saturated heterocycles. The van der Waals surface area contributed by atoms with Crippen LogP contribution in [0.15, 0.2) is 36.4 Å². The van der Waals surface area contributed by atoms with Gasteiger partial charge in [-0.05, 0) is 55.4 Å². The maximum atomic E-state index is 11.2. The summed E-state index contributed by atoms with van der Waals surface area (Å²) in [5.74, 6) is 1.77. The highest BCUT2D eigenvalue weighted by Gasteiger charge is 2.36. The average Bonchev–Trinajstić information content (AvgIpc) is 3.16. The monoisotopic (exact) mass is 367 g/mol. The fraction of sp³-hybridized carbons (Fsp3) is 0.478. The van der Waals surface area contributed by atoms with Crippen LogP contribution in [-0.2, 0) is 25.0 Å². The fourth-order valence-electron chi connectivity index (χ4n) is 4.59. The van der Waals surface area contributed by atoms with Crippen molar-refractivity contribution in [2.75, 3.05) is 27.3 Å². The number of hydrogen-bond acceptors (Lipinski definition) is 4. The van der Waals surface area contributed by atoms with Gasteiger partial charge in [0.05, 0.1) is 19.8 Å². The number of likely N-dealkylation sites (tertiary alicyclic amines) is 1. The van der Waals surface area contributed by atoms with Crippen LogP contribution in [0.4, 0.5) is 0 Å². The minimum Gasteiger partial charge on any atom is -0.496 e. The van der Waals surface area contributed by atoms with Crippen molar-refractivity contribution in [1.82, 2.24) is 4.90 Å². The van der Waals surface area contributed by atoms with Crippen LogP contribution in [0.25, 0.3) is 0 Å². The summed E-state index contributed by atoms with van der Waals surface area (Å²) in [6.07, 6.45) is 5.01. The Labute approximate surface area is 161 Å². The third-order valence-corrected chi connectivity index (χ3v) is 6.18. The molecular formula is C23H29NO3. The van der Waals surface area contributed by atoms with E-state index in [1.807, 2.05) is 24.3 Å². The first kappa shape index (κ1) is 18.3. The van der Waals surface area contributed by atoms with Crippen LogP contribution in [0, 0.1) is 0 Å². The largest absolute Gasteiger partial charge is 0.496 e. The summed E-state index contributed by atoms with van der Waals surface area (Å²) >= 11 is 0. The van der Waals surface area contributed by atoms with Crippen LogP contribution in [0.2, 0.25) is 0 Å². The summed E-state index contributed by atoms with van der Waals surface area (Å²) in [5.41, 5.74) is 4.28. The average molecular weight is 367 g/mol. The van der Waals surface area contributed by atoms with Gasteiger partial charge in [0.2, 0.25) is 0 Å². The van der Waals surface area contributed by atoms with Crippen LogP contribution in [-0.4, -0.2) is 37.3 Å². The molecule has 1 heterocycles. The van der Waals surface area contributed by atoms with Crippen molar-refractivity contribution in [3.8, 4) is 11.5 Å². The van der Waals surface area contributed by atoms with E-state index >= 15 is 0 Å². The highest BCUT2D eigenvalue weighted by atomic mass is 16.5. The second-order valence-corrected chi connectivity index (χ2v) is 7.79. The topological polar surface area (TPSA) is 41.9 Å². The van der Waals surface area contributed by atoms with Gasteiger partial charge >= 0.3 is 0 Å². The quantitative estimate of drug-likeness (QED) is 0.875. The van der Waals surface area contributed by atoms with E-state index in [4.69, 9.17) is 9.47 Å². The van der Waals surface area contributed by atoms with Gasteiger partial charge in [-0.15, -0.1) is 0 Å². The van der Waals surface area contributed by atoms with Crippen LogP contribution in [0.5, 0.6) is 11.5 Å². The van der Waals surface area contributed by atoms with Gasteiger partial charge in [0.1, 0.15) is 11.5 Å². The van der Waals surface area contributed by atoms with Gasteiger partial charge in [-0.2, -0.15) is 0 Å². The number of ether oxygens (including phenoxy) is 2. The highest BCUT2D eigenvalue weighted by molar-refractivity contribution is 5.45. The molecule has 2 aromatic carbocycles. The molecule has 2 aliphatic rings. The number of hydrogen-bond donors (Lipinski definition) is 1. The molecule has 4 heteroatoms. The molecule has 4 rings (SSSR count). The molecule has 0 amide bonds. The number of benzene rings is 2. The highest BCUT2D eigenvalue weighted by Crippen LogP contribution is 2.39. The van der Waals surface area contributed by atoms with E-state index in [0.29, 0.717) is 12.8 Å². The van der Waals surface area contributed by atoms with Crippen molar-refractivity contribution in [3.05, 3.63) is 58.7 Å².